The van der Waals surface area contributed by atoms with Crippen molar-refractivity contribution in [3.63, 3.8) is 0 Å². The zero-order valence-corrected chi connectivity index (χ0v) is 15.1. The molecule has 2 N–H and O–H groups in total. The normalized spacial score (nSPS) is 19.1. The lowest BCUT2D eigenvalue weighted by Gasteiger charge is -2.20. The summed E-state index contributed by atoms with van der Waals surface area (Å²) in [5, 5.41) is 10.1. The lowest BCUT2D eigenvalue weighted by Crippen LogP contribution is -2.33. The van der Waals surface area contributed by atoms with E-state index in [-0.39, 0.29) is 17.7 Å². The first-order valence-electron chi connectivity index (χ1n) is 9.49. The number of aromatic nitrogens is 2. The van der Waals surface area contributed by atoms with Crippen molar-refractivity contribution in [1.82, 2.24) is 20.0 Å². The van der Waals surface area contributed by atoms with Crippen LogP contribution in [0.1, 0.15) is 55.4 Å². The fraction of sp³-hybridized carbons (Fsp3) is 0.722. The third-order valence-electron chi connectivity index (χ3n) is 5.25. The second-order valence-corrected chi connectivity index (χ2v) is 7.17. The van der Waals surface area contributed by atoms with Crippen molar-refractivity contribution in [1.29, 1.82) is 0 Å². The van der Waals surface area contributed by atoms with Crippen molar-refractivity contribution in [2.75, 3.05) is 31.5 Å². The maximum absolute atomic E-state index is 12.4. The minimum Gasteiger partial charge on any atom is -0.349 e. The van der Waals surface area contributed by atoms with E-state index in [1.54, 1.807) is 17.8 Å². The third-order valence-corrected chi connectivity index (χ3v) is 5.25. The summed E-state index contributed by atoms with van der Waals surface area (Å²) in [4.78, 5) is 27.0. The monoisotopic (exact) mass is 347 g/mol. The number of carbonyl (C=O) groups is 2. The van der Waals surface area contributed by atoms with Gasteiger partial charge in [0.05, 0.1) is 0 Å². The van der Waals surface area contributed by atoms with Gasteiger partial charge >= 0.3 is 0 Å². The SMILES string of the molecule is Cn1nc(C(=O)NCCN2CCCC2)cc1NC(=O)C1CCCCC1. The highest BCUT2D eigenvalue weighted by atomic mass is 16.2. The number of likely N-dealkylation sites (tertiary alicyclic amines) is 1. The number of nitrogens with one attached hydrogen (secondary N) is 2. The molecule has 1 aromatic rings. The quantitative estimate of drug-likeness (QED) is 0.822. The van der Waals surface area contributed by atoms with Gasteiger partial charge in [-0.15, -0.1) is 0 Å². The Balaban J connectivity index is 1.50. The van der Waals surface area contributed by atoms with Gasteiger partial charge in [0, 0.05) is 32.1 Å². The van der Waals surface area contributed by atoms with Crippen LogP contribution in [0.3, 0.4) is 0 Å². The standard InChI is InChI=1S/C18H29N5O2/c1-22-16(20-17(24)14-7-3-2-4-8-14)13-15(21-22)18(25)19-9-12-23-10-5-6-11-23/h13-14H,2-12H2,1H3,(H,19,25)(H,20,24). The van der Waals surface area contributed by atoms with E-state index in [0.29, 0.717) is 18.1 Å². The molecule has 2 amide bonds. The van der Waals surface area contributed by atoms with Crippen LogP contribution in [0.2, 0.25) is 0 Å². The van der Waals surface area contributed by atoms with Crippen LogP contribution in [-0.2, 0) is 11.8 Å². The van der Waals surface area contributed by atoms with Crippen LogP contribution >= 0.6 is 0 Å². The van der Waals surface area contributed by atoms with Crippen LogP contribution in [0.5, 0.6) is 0 Å². The first-order chi connectivity index (χ1) is 12.1. The Labute approximate surface area is 149 Å². The molecule has 0 aromatic carbocycles. The van der Waals surface area contributed by atoms with E-state index in [4.69, 9.17) is 0 Å². The molecular formula is C18H29N5O2. The van der Waals surface area contributed by atoms with Crippen LogP contribution in [0.4, 0.5) is 5.82 Å². The average molecular weight is 347 g/mol. The van der Waals surface area contributed by atoms with Crippen molar-refractivity contribution in [3.8, 4) is 0 Å². The number of nitrogens with zero attached hydrogens (tertiary/aromatic N) is 3. The van der Waals surface area contributed by atoms with E-state index in [1.807, 2.05) is 0 Å². The smallest absolute Gasteiger partial charge is 0.271 e. The molecule has 138 valence electrons. The van der Waals surface area contributed by atoms with Crippen molar-refractivity contribution >= 4 is 17.6 Å². The lowest BCUT2D eigenvalue weighted by molar-refractivity contribution is -0.120. The summed E-state index contributed by atoms with van der Waals surface area (Å²) in [6.07, 6.45) is 7.86. The first kappa shape index (κ1) is 17.9. The summed E-state index contributed by atoms with van der Waals surface area (Å²) in [6, 6.07) is 1.66. The Morgan fingerprint density at radius 2 is 1.88 bits per heavy atom. The summed E-state index contributed by atoms with van der Waals surface area (Å²) in [6.45, 7) is 3.75. The summed E-state index contributed by atoms with van der Waals surface area (Å²) in [5.74, 6) is 0.526. The van der Waals surface area contributed by atoms with E-state index in [2.05, 4.69) is 20.6 Å². The Bertz CT molecular complexity index is 601. The van der Waals surface area contributed by atoms with Gasteiger partial charge in [0.1, 0.15) is 5.82 Å². The first-order valence-corrected chi connectivity index (χ1v) is 9.49. The number of hydrogen-bond donors (Lipinski definition) is 2. The molecule has 1 aromatic heterocycles. The van der Waals surface area contributed by atoms with E-state index < -0.39 is 0 Å². The molecule has 1 aliphatic heterocycles. The van der Waals surface area contributed by atoms with Gasteiger partial charge in [0.25, 0.3) is 5.91 Å². The summed E-state index contributed by atoms with van der Waals surface area (Å²) in [7, 11) is 1.75. The molecule has 7 nitrogen and oxygen atoms in total. The molecule has 0 radical (unpaired) electrons. The highest BCUT2D eigenvalue weighted by Gasteiger charge is 2.23. The molecule has 0 spiro atoms. The largest absolute Gasteiger partial charge is 0.349 e. The van der Waals surface area contributed by atoms with Crippen LogP contribution in [0.25, 0.3) is 0 Å². The highest BCUT2D eigenvalue weighted by Crippen LogP contribution is 2.25. The topological polar surface area (TPSA) is 79.3 Å². The zero-order valence-electron chi connectivity index (χ0n) is 15.1. The molecule has 1 aliphatic carbocycles. The van der Waals surface area contributed by atoms with E-state index in [0.717, 1.165) is 45.3 Å². The number of anilines is 1. The van der Waals surface area contributed by atoms with Gasteiger partial charge in [-0.1, -0.05) is 19.3 Å². The lowest BCUT2D eigenvalue weighted by atomic mass is 9.89. The minimum atomic E-state index is -0.187. The third kappa shape index (κ3) is 4.81. The van der Waals surface area contributed by atoms with Gasteiger partial charge < -0.3 is 15.5 Å². The Hall–Kier alpha value is -1.89. The molecule has 2 aliphatic rings. The van der Waals surface area contributed by atoms with E-state index in [9.17, 15) is 9.59 Å². The molecule has 2 fully saturated rings. The molecule has 2 heterocycles. The molecule has 7 heteroatoms. The molecule has 0 bridgehead atoms. The number of amides is 2. The number of hydrogen-bond acceptors (Lipinski definition) is 4. The van der Waals surface area contributed by atoms with Gasteiger partial charge in [-0.2, -0.15) is 5.10 Å². The van der Waals surface area contributed by atoms with Crippen molar-refractivity contribution in [2.24, 2.45) is 13.0 Å². The molecule has 3 rings (SSSR count). The predicted molar refractivity (Wildman–Crippen MR) is 96.4 cm³/mol. The maximum atomic E-state index is 12.4. The van der Waals surface area contributed by atoms with Gasteiger partial charge in [-0.3, -0.25) is 14.3 Å². The van der Waals surface area contributed by atoms with Crippen molar-refractivity contribution in [3.05, 3.63) is 11.8 Å². The number of rotatable bonds is 6. The fourth-order valence-corrected chi connectivity index (χ4v) is 3.71. The van der Waals surface area contributed by atoms with Gasteiger partial charge in [0.15, 0.2) is 5.69 Å². The fourth-order valence-electron chi connectivity index (χ4n) is 3.71. The maximum Gasteiger partial charge on any atom is 0.271 e. The van der Waals surface area contributed by atoms with Gasteiger partial charge in [-0.25, -0.2) is 0 Å². The van der Waals surface area contributed by atoms with Crippen LogP contribution in [0, 0.1) is 5.92 Å². The van der Waals surface area contributed by atoms with Crippen LogP contribution in [0.15, 0.2) is 6.07 Å². The van der Waals surface area contributed by atoms with Crippen molar-refractivity contribution in [2.45, 2.75) is 44.9 Å². The summed E-state index contributed by atoms with van der Waals surface area (Å²) in [5.41, 5.74) is 0.350. The average Bonchev–Trinajstić information content (AvgIpc) is 3.26. The molecule has 1 saturated heterocycles. The second kappa shape index (κ2) is 8.47. The minimum absolute atomic E-state index is 0.0451. The van der Waals surface area contributed by atoms with Gasteiger partial charge in [0.2, 0.25) is 5.91 Å². The zero-order chi connectivity index (χ0) is 17.6. The molecular weight excluding hydrogens is 318 g/mol. The van der Waals surface area contributed by atoms with Crippen LogP contribution in [-0.4, -0.2) is 52.7 Å². The Morgan fingerprint density at radius 3 is 2.60 bits per heavy atom. The molecule has 0 unspecified atom stereocenters. The molecule has 0 atom stereocenters. The summed E-state index contributed by atoms with van der Waals surface area (Å²) >= 11 is 0. The Morgan fingerprint density at radius 1 is 1.16 bits per heavy atom. The highest BCUT2D eigenvalue weighted by molar-refractivity contribution is 5.96. The number of aryl methyl sites for hydroxylation is 1. The van der Waals surface area contributed by atoms with Gasteiger partial charge in [-0.05, 0) is 38.8 Å². The predicted octanol–water partition coefficient (Wildman–Crippen LogP) is 1.76. The van der Waals surface area contributed by atoms with Crippen molar-refractivity contribution < 1.29 is 9.59 Å². The molecule has 1 saturated carbocycles. The number of carbonyl (C=O) groups excluding carboxylic acids is 2. The molecule has 25 heavy (non-hydrogen) atoms. The van der Waals surface area contributed by atoms with Crippen LogP contribution < -0.4 is 10.6 Å². The summed E-state index contributed by atoms with van der Waals surface area (Å²) < 4.78 is 1.57. The Kier molecular flexibility index (Phi) is 6.07. The second-order valence-electron chi connectivity index (χ2n) is 7.17. The van der Waals surface area contributed by atoms with E-state index in [1.165, 1.54) is 19.3 Å². The van der Waals surface area contributed by atoms with E-state index >= 15 is 0 Å².